The van der Waals surface area contributed by atoms with Gasteiger partial charge in [0.2, 0.25) is 0 Å². The molecule has 1 aliphatic rings. The van der Waals surface area contributed by atoms with Gasteiger partial charge in [-0.1, -0.05) is 0 Å². The van der Waals surface area contributed by atoms with Crippen LogP contribution in [0, 0.1) is 0 Å². The van der Waals surface area contributed by atoms with Crippen molar-refractivity contribution >= 4 is 0 Å². The van der Waals surface area contributed by atoms with E-state index in [0.29, 0.717) is 0 Å². The van der Waals surface area contributed by atoms with E-state index in [2.05, 4.69) is 6.92 Å². The Bertz CT molecular complexity index is 95.1. The lowest BCUT2D eigenvalue weighted by Gasteiger charge is -2.27. The SMILES string of the molecule is C[C@H](N)C1(C)CCCO1. The fraction of sp³-hybridized carbons (Fsp3) is 1.00. The van der Waals surface area contributed by atoms with Gasteiger partial charge < -0.3 is 10.5 Å². The highest BCUT2D eigenvalue weighted by molar-refractivity contribution is 4.87. The summed E-state index contributed by atoms with van der Waals surface area (Å²) in [4.78, 5) is 0. The molecule has 1 fully saturated rings. The Morgan fingerprint density at radius 2 is 2.33 bits per heavy atom. The summed E-state index contributed by atoms with van der Waals surface area (Å²) in [6.45, 7) is 4.98. The van der Waals surface area contributed by atoms with Crippen LogP contribution in [0.5, 0.6) is 0 Å². The highest BCUT2D eigenvalue weighted by atomic mass is 16.5. The Kier molecular flexibility index (Phi) is 1.78. The molecule has 0 amide bonds. The van der Waals surface area contributed by atoms with Crippen molar-refractivity contribution in [3.05, 3.63) is 0 Å². The van der Waals surface area contributed by atoms with Gasteiger partial charge in [-0.05, 0) is 26.7 Å². The predicted octanol–water partition coefficient (Wildman–Crippen LogP) is 0.903. The van der Waals surface area contributed by atoms with Crippen molar-refractivity contribution in [2.24, 2.45) is 5.73 Å². The van der Waals surface area contributed by atoms with Gasteiger partial charge in [0.15, 0.2) is 0 Å². The Hall–Kier alpha value is -0.0800. The average Bonchev–Trinajstić information content (AvgIpc) is 2.16. The minimum Gasteiger partial charge on any atom is -0.374 e. The quantitative estimate of drug-likeness (QED) is 0.571. The summed E-state index contributed by atoms with van der Waals surface area (Å²) in [5.74, 6) is 0. The van der Waals surface area contributed by atoms with Gasteiger partial charge >= 0.3 is 0 Å². The minimum absolute atomic E-state index is 0.0278. The van der Waals surface area contributed by atoms with Gasteiger partial charge in [0.05, 0.1) is 5.60 Å². The van der Waals surface area contributed by atoms with Crippen molar-refractivity contribution in [1.29, 1.82) is 0 Å². The van der Waals surface area contributed by atoms with Gasteiger partial charge in [0.25, 0.3) is 0 Å². The van der Waals surface area contributed by atoms with Crippen molar-refractivity contribution in [2.45, 2.75) is 38.3 Å². The van der Waals surface area contributed by atoms with Crippen molar-refractivity contribution in [3.8, 4) is 0 Å². The van der Waals surface area contributed by atoms with Crippen molar-refractivity contribution < 1.29 is 4.74 Å². The number of ether oxygens (including phenoxy) is 1. The third kappa shape index (κ3) is 1.25. The fourth-order valence-corrected chi connectivity index (χ4v) is 1.16. The van der Waals surface area contributed by atoms with Gasteiger partial charge in [-0.15, -0.1) is 0 Å². The van der Waals surface area contributed by atoms with Crippen LogP contribution in [0.2, 0.25) is 0 Å². The number of nitrogens with two attached hydrogens (primary N) is 1. The lowest BCUT2D eigenvalue weighted by Crippen LogP contribution is -2.42. The average molecular weight is 129 g/mol. The summed E-state index contributed by atoms with van der Waals surface area (Å²) in [5, 5.41) is 0. The fourth-order valence-electron chi connectivity index (χ4n) is 1.16. The molecule has 0 saturated carbocycles. The maximum atomic E-state index is 5.71. The Morgan fingerprint density at radius 1 is 1.67 bits per heavy atom. The van der Waals surface area contributed by atoms with Crippen LogP contribution in [-0.4, -0.2) is 18.2 Å². The van der Waals surface area contributed by atoms with Gasteiger partial charge in [0.1, 0.15) is 0 Å². The highest BCUT2D eigenvalue weighted by Gasteiger charge is 2.33. The molecule has 0 aromatic rings. The molecule has 2 atom stereocenters. The van der Waals surface area contributed by atoms with E-state index in [1.165, 1.54) is 0 Å². The van der Waals surface area contributed by atoms with Gasteiger partial charge in [-0.2, -0.15) is 0 Å². The Balaban J connectivity index is 2.51. The van der Waals surface area contributed by atoms with E-state index < -0.39 is 0 Å². The molecule has 0 aromatic heterocycles. The van der Waals surface area contributed by atoms with Gasteiger partial charge in [-0.3, -0.25) is 0 Å². The molecule has 0 aliphatic carbocycles. The zero-order chi connectivity index (χ0) is 6.91. The molecule has 9 heavy (non-hydrogen) atoms. The summed E-state index contributed by atoms with van der Waals surface area (Å²) in [5.41, 5.74) is 5.68. The predicted molar refractivity (Wildman–Crippen MR) is 37.2 cm³/mol. The normalized spacial score (nSPS) is 39.0. The first-order valence-corrected chi connectivity index (χ1v) is 3.55. The topological polar surface area (TPSA) is 35.2 Å². The smallest absolute Gasteiger partial charge is 0.0802 e. The summed E-state index contributed by atoms with van der Waals surface area (Å²) in [6, 6.07) is 0.167. The third-order valence-electron chi connectivity index (χ3n) is 2.21. The lowest BCUT2D eigenvalue weighted by atomic mass is 9.95. The van der Waals surface area contributed by atoms with Crippen LogP contribution in [0.1, 0.15) is 26.7 Å². The number of hydrogen-bond acceptors (Lipinski definition) is 2. The van der Waals surface area contributed by atoms with E-state index in [9.17, 15) is 0 Å². The van der Waals surface area contributed by atoms with E-state index in [-0.39, 0.29) is 11.6 Å². The van der Waals surface area contributed by atoms with E-state index in [4.69, 9.17) is 10.5 Å². The third-order valence-corrected chi connectivity index (χ3v) is 2.21. The maximum absolute atomic E-state index is 5.71. The molecule has 0 radical (unpaired) electrons. The van der Waals surface area contributed by atoms with Crippen molar-refractivity contribution in [2.75, 3.05) is 6.61 Å². The second-order valence-electron chi connectivity index (χ2n) is 3.05. The second kappa shape index (κ2) is 2.27. The van der Waals surface area contributed by atoms with Crippen LogP contribution in [0.15, 0.2) is 0 Å². The first-order valence-electron chi connectivity index (χ1n) is 3.55. The van der Waals surface area contributed by atoms with Gasteiger partial charge in [-0.25, -0.2) is 0 Å². The van der Waals surface area contributed by atoms with Crippen molar-refractivity contribution in [1.82, 2.24) is 0 Å². The van der Waals surface area contributed by atoms with Crippen LogP contribution >= 0.6 is 0 Å². The van der Waals surface area contributed by atoms with Crippen LogP contribution in [0.3, 0.4) is 0 Å². The minimum atomic E-state index is -0.0278. The van der Waals surface area contributed by atoms with E-state index in [1.807, 2.05) is 6.92 Å². The summed E-state index contributed by atoms with van der Waals surface area (Å²) in [7, 11) is 0. The molecule has 1 rings (SSSR count). The lowest BCUT2D eigenvalue weighted by molar-refractivity contribution is 0.00360. The zero-order valence-electron chi connectivity index (χ0n) is 6.18. The molecule has 2 heteroatoms. The summed E-state index contributed by atoms with van der Waals surface area (Å²) >= 11 is 0. The largest absolute Gasteiger partial charge is 0.374 e. The maximum Gasteiger partial charge on any atom is 0.0802 e. The molecule has 0 aromatic carbocycles. The van der Waals surface area contributed by atoms with Crippen LogP contribution < -0.4 is 5.73 Å². The molecule has 0 spiro atoms. The van der Waals surface area contributed by atoms with E-state index in [0.717, 1.165) is 19.4 Å². The Labute approximate surface area is 56.4 Å². The van der Waals surface area contributed by atoms with E-state index >= 15 is 0 Å². The number of rotatable bonds is 1. The standard InChI is InChI=1S/C7H15NO/c1-6(8)7(2)4-3-5-9-7/h6H,3-5,8H2,1-2H3/t6-,7?/m0/s1. The van der Waals surface area contributed by atoms with Crippen LogP contribution in [0.25, 0.3) is 0 Å². The van der Waals surface area contributed by atoms with E-state index in [1.54, 1.807) is 0 Å². The molecule has 1 unspecified atom stereocenters. The van der Waals surface area contributed by atoms with Crippen LogP contribution in [-0.2, 0) is 4.74 Å². The number of hydrogen-bond donors (Lipinski definition) is 1. The molecule has 1 saturated heterocycles. The molecule has 1 aliphatic heterocycles. The highest BCUT2D eigenvalue weighted by Crippen LogP contribution is 2.26. The zero-order valence-corrected chi connectivity index (χ0v) is 6.18. The van der Waals surface area contributed by atoms with Gasteiger partial charge in [0, 0.05) is 12.6 Å². The molecule has 2 N–H and O–H groups in total. The molecular formula is C7H15NO. The summed E-state index contributed by atoms with van der Waals surface area (Å²) < 4.78 is 5.48. The molecule has 54 valence electrons. The monoisotopic (exact) mass is 129 g/mol. The summed E-state index contributed by atoms with van der Waals surface area (Å²) in [6.07, 6.45) is 2.28. The molecule has 1 heterocycles. The van der Waals surface area contributed by atoms with Crippen LogP contribution in [0.4, 0.5) is 0 Å². The first-order chi connectivity index (χ1) is 4.15. The van der Waals surface area contributed by atoms with Crippen molar-refractivity contribution in [3.63, 3.8) is 0 Å². The molecule has 2 nitrogen and oxygen atoms in total. The molecule has 0 bridgehead atoms. The Morgan fingerprint density at radius 3 is 2.56 bits per heavy atom. The first kappa shape index (κ1) is 7.03. The second-order valence-corrected chi connectivity index (χ2v) is 3.05. The molecular weight excluding hydrogens is 114 g/mol.